The molecule has 0 atom stereocenters. The van der Waals surface area contributed by atoms with E-state index < -0.39 is 0 Å². The number of nitrogens with zero attached hydrogens (tertiary/aromatic N) is 2. The quantitative estimate of drug-likeness (QED) is 0.658. The number of aryl methyl sites for hydroxylation is 1. The molecule has 0 spiro atoms. The molecule has 110 valence electrons. The first-order valence-corrected chi connectivity index (χ1v) is 7.84. The van der Waals surface area contributed by atoms with Crippen LogP contribution in [-0.2, 0) is 6.42 Å². The summed E-state index contributed by atoms with van der Waals surface area (Å²) in [6.07, 6.45) is 0.775. The molecule has 2 rings (SSSR count). The van der Waals surface area contributed by atoms with E-state index in [1.807, 2.05) is 29.7 Å². The fourth-order valence-electron chi connectivity index (χ4n) is 2.34. The third-order valence-corrected chi connectivity index (χ3v) is 4.65. The summed E-state index contributed by atoms with van der Waals surface area (Å²) < 4.78 is 0.115. The van der Waals surface area contributed by atoms with Crippen LogP contribution in [0.4, 0.5) is 5.82 Å². The second-order valence-corrected chi connectivity index (χ2v) is 7.37. The molecule has 0 bridgehead atoms. The molecule has 1 aliphatic rings. The SMILES string of the molecule is CCc1cc(C(=O)N2CCSC(C)(C)C2)cc(NN)n1. The van der Waals surface area contributed by atoms with E-state index in [0.29, 0.717) is 11.4 Å². The number of rotatable bonds is 3. The summed E-state index contributed by atoms with van der Waals surface area (Å²) in [7, 11) is 0. The Balaban J connectivity index is 2.24. The van der Waals surface area contributed by atoms with E-state index in [0.717, 1.165) is 31.0 Å². The normalized spacial score (nSPS) is 17.9. The molecule has 6 heteroatoms. The highest BCUT2D eigenvalue weighted by Crippen LogP contribution is 2.30. The number of carbonyl (C=O) groups is 1. The minimum Gasteiger partial charge on any atom is -0.336 e. The maximum absolute atomic E-state index is 12.6. The first-order valence-electron chi connectivity index (χ1n) is 6.86. The molecule has 0 radical (unpaired) electrons. The van der Waals surface area contributed by atoms with Gasteiger partial charge in [0.2, 0.25) is 0 Å². The number of amides is 1. The Labute approximate surface area is 124 Å². The van der Waals surface area contributed by atoms with Gasteiger partial charge in [0.15, 0.2) is 0 Å². The standard InChI is InChI=1S/C14H22N4OS/c1-4-11-7-10(8-12(16-11)17-15)13(19)18-5-6-20-14(2,3)9-18/h7-8H,4-6,9,15H2,1-3H3,(H,16,17). The molecular formula is C14H22N4OS. The molecule has 2 heterocycles. The van der Waals surface area contributed by atoms with Crippen molar-refractivity contribution in [3.8, 4) is 0 Å². The van der Waals surface area contributed by atoms with Gasteiger partial charge in [-0.15, -0.1) is 0 Å². The van der Waals surface area contributed by atoms with Gasteiger partial charge in [-0.2, -0.15) is 11.8 Å². The predicted molar refractivity (Wildman–Crippen MR) is 83.9 cm³/mol. The lowest BCUT2D eigenvalue weighted by Gasteiger charge is -2.37. The van der Waals surface area contributed by atoms with Gasteiger partial charge in [0, 0.05) is 34.8 Å². The number of nitrogens with one attached hydrogen (secondary N) is 1. The summed E-state index contributed by atoms with van der Waals surface area (Å²) in [5.41, 5.74) is 4.06. The Morgan fingerprint density at radius 1 is 1.55 bits per heavy atom. The number of carbonyl (C=O) groups excluding carboxylic acids is 1. The Morgan fingerprint density at radius 2 is 2.30 bits per heavy atom. The van der Waals surface area contributed by atoms with Gasteiger partial charge in [0.05, 0.1) is 0 Å². The Hall–Kier alpha value is -1.27. The zero-order valence-corrected chi connectivity index (χ0v) is 13.1. The topological polar surface area (TPSA) is 71.2 Å². The maximum atomic E-state index is 12.6. The Morgan fingerprint density at radius 3 is 2.90 bits per heavy atom. The van der Waals surface area contributed by atoms with Crippen molar-refractivity contribution in [2.75, 3.05) is 24.3 Å². The fourth-order valence-corrected chi connectivity index (χ4v) is 3.45. The molecule has 1 saturated heterocycles. The van der Waals surface area contributed by atoms with Crippen LogP contribution in [0.5, 0.6) is 0 Å². The molecule has 1 aromatic heterocycles. The zero-order chi connectivity index (χ0) is 14.8. The Bertz CT molecular complexity index is 482. The minimum absolute atomic E-state index is 0.0620. The first-order chi connectivity index (χ1) is 9.45. The molecule has 0 aromatic carbocycles. The zero-order valence-electron chi connectivity index (χ0n) is 12.3. The molecular weight excluding hydrogens is 272 g/mol. The van der Waals surface area contributed by atoms with Crippen LogP contribution in [0.15, 0.2) is 12.1 Å². The average molecular weight is 294 g/mol. The molecule has 0 saturated carbocycles. The molecule has 5 nitrogen and oxygen atoms in total. The summed E-state index contributed by atoms with van der Waals surface area (Å²) in [6, 6.07) is 3.58. The van der Waals surface area contributed by atoms with Crippen molar-refractivity contribution < 1.29 is 4.79 Å². The van der Waals surface area contributed by atoms with Crippen molar-refractivity contribution in [2.24, 2.45) is 5.84 Å². The van der Waals surface area contributed by atoms with Crippen LogP contribution in [0, 0.1) is 0 Å². The predicted octanol–water partition coefficient (Wildman–Crippen LogP) is 1.90. The van der Waals surface area contributed by atoms with E-state index in [1.54, 1.807) is 6.07 Å². The molecule has 0 aliphatic carbocycles. The molecule has 20 heavy (non-hydrogen) atoms. The number of nitrogen functional groups attached to an aromatic ring is 1. The number of hydrogen-bond donors (Lipinski definition) is 2. The molecule has 1 aromatic rings. The van der Waals surface area contributed by atoms with Crippen LogP contribution in [-0.4, -0.2) is 39.4 Å². The fraction of sp³-hybridized carbons (Fsp3) is 0.571. The van der Waals surface area contributed by atoms with Gasteiger partial charge in [-0.25, -0.2) is 10.8 Å². The summed E-state index contributed by atoms with van der Waals surface area (Å²) >= 11 is 1.91. The van der Waals surface area contributed by atoms with Crippen LogP contribution in [0.2, 0.25) is 0 Å². The molecule has 1 aliphatic heterocycles. The van der Waals surface area contributed by atoms with Gasteiger partial charge < -0.3 is 10.3 Å². The monoisotopic (exact) mass is 294 g/mol. The van der Waals surface area contributed by atoms with Crippen molar-refractivity contribution in [2.45, 2.75) is 31.9 Å². The number of hydrogen-bond acceptors (Lipinski definition) is 5. The second kappa shape index (κ2) is 6.01. The number of nitrogens with two attached hydrogens (primary N) is 1. The minimum atomic E-state index is 0.0620. The van der Waals surface area contributed by atoms with E-state index in [4.69, 9.17) is 5.84 Å². The molecule has 0 unspecified atom stereocenters. The van der Waals surface area contributed by atoms with E-state index in [1.165, 1.54) is 0 Å². The lowest BCUT2D eigenvalue weighted by atomic mass is 10.1. The van der Waals surface area contributed by atoms with Crippen molar-refractivity contribution in [1.82, 2.24) is 9.88 Å². The van der Waals surface area contributed by atoms with Crippen LogP contribution < -0.4 is 11.3 Å². The number of anilines is 1. The van der Waals surface area contributed by atoms with Crippen molar-refractivity contribution in [3.05, 3.63) is 23.4 Å². The van der Waals surface area contributed by atoms with E-state index >= 15 is 0 Å². The van der Waals surface area contributed by atoms with Gasteiger partial charge in [-0.3, -0.25) is 4.79 Å². The van der Waals surface area contributed by atoms with Crippen LogP contribution >= 0.6 is 11.8 Å². The van der Waals surface area contributed by atoms with Crippen molar-refractivity contribution in [1.29, 1.82) is 0 Å². The van der Waals surface area contributed by atoms with Gasteiger partial charge >= 0.3 is 0 Å². The largest absolute Gasteiger partial charge is 0.336 e. The summed E-state index contributed by atoms with van der Waals surface area (Å²) in [5.74, 6) is 7.00. The van der Waals surface area contributed by atoms with E-state index in [-0.39, 0.29) is 10.7 Å². The van der Waals surface area contributed by atoms with Gasteiger partial charge in [-0.05, 0) is 32.4 Å². The molecule has 1 amide bonds. The average Bonchev–Trinajstić information content (AvgIpc) is 2.44. The van der Waals surface area contributed by atoms with E-state index in [2.05, 4.69) is 24.3 Å². The van der Waals surface area contributed by atoms with Gasteiger partial charge in [0.25, 0.3) is 5.91 Å². The third-order valence-electron chi connectivity index (χ3n) is 3.35. The lowest BCUT2D eigenvalue weighted by molar-refractivity contribution is 0.0748. The lowest BCUT2D eigenvalue weighted by Crippen LogP contribution is -2.46. The molecule has 3 N–H and O–H groups in total. The van der Waals surface area contributed by atoms with Gasteiger partial charge in [-0.1, -0.05) is 6.92 Å². The third kappa shape index (κ3) is 3.43. The van der Waals surface area contributed by atoms with Gasteiger partial charge in [0.1, 0.15) is 5.82 Å². The highest BCUT2D eigenvalue weighted by atomic mass is 32.2. The summed E-state index contributed by atoms with van der Waals surface area (Å²) in [6.45, 7) is 7.92. The highest BCUT2D eigenvalue weighted by Gasteiger charge is 2.30. The number of hydrazine groups is 1. The van der Waals surface area contributed by atoms with E-state index in [9.17, 15) is 4.79 Å². The second-order valence-electron chi connectivity index (χ2n) is 5.57. The molecule has 1 fully saturated rings. The number of pyridine rings is 1. The van der Waals surface area contributed by atoms with Crippen molar-refractivity contribution in [3.63, 3.8) is 0 Å². The summed E-state index contributed by atoms with van der Waals surface area (Å²) in [4.78, 5) is 18.9. The summed E-state index contributed by atoms with van der Waals surface area (Å²) in [5, 5.41) is 0. The van der Waals surface area contributed by atoms with Crippen molar-refractivity contribution >= 4 is 23.5 Å². The van der Waals surface area contributed by atoms with Crippen LogP contribution in [0.1, 0.15) is 36.8 Å². The maximum Gasteiger partial charge on any atom is 0.254 e. The Kier molecular flexibility index (Phi) is 4.55. The van der Waals surface area contributed by atoms with Crippen LogP contribution in [0.25, 0.3) is 0 Å². The highest BCUT2D eigenvalue weighted by molar-refractivity contribution is 8.00. The number of aromatic nitrogens is 1. The van der Waals surface area contributed by atoms with Crippen LogP contribution in [0.3, 0.4) is 0 Å². The number of thioether (sulfide) groups is 1. The smallest absolute Gasteiger partial charge is 0.254 e. The first kappa shape index (κ1) is 15.1.